The molecule has 0 atom stereocenters. The van der Waals surface area contributed by atoms with Crippen LogP contribution < -0.4 is 5.73 Å². The molecule has 0 aromatic carbocycles. The Hall–Kier alpha value is 0.310. The Morgan fingerprint density at radius 2 is 2.12 bits per heavy atom. The van der Waals surface area contributed by atoms with Crippen molar-refractivity contribution in [2.45, 2.75) is 19.8 Å². The Balaban J connectivity index is 2.53. The zero-order chi connectivity index (χ0) is 6.24. The van der Waals surface area contributed by atoms with Crippen LogP contribution in [0, 0.1) is 0 Å². The van der Waals surface area contributed by atoms with Gasteiger partial charge in [0.05, 0.1) is 0 Å². The van der Waals surface area contributed by atoms with Gasteiger partial charge in [0.1, 0.15) is 0 Å². The number of thioether (sulfide) groups is 1. The first-order chi connectivity index (χ1) is 3.91. The monoisotopic (exact) mass is 132 g/mol. The maximum atomic E-state index is 6.82. The largest absolute Gasteiger partial charge is 0.257 e. The van der Waals surface area contributed by atoms with Gasteiger partial charge in [-0.15, -0.1) is 0 Å². The highest BCUT2D eigenvalue weighted by atomic mass is 32.2. The SMILES string of the molecule is CCCCSCC[NH]. The van der Waals surface area contributed by atoms with Crippen molar-refractivity contribution < 1.29 is 0 Å². The zero-order valence-corrected chi connectivity index (χ0v) is 6.26. The van der Waals surface area contributed by atoms with E-state index in [2.05, 4.69) is 6.92 Å². The summed E-state index contributed by atoms with van der Waals surface area (Å²) in [4.78, 5) is 0. The number of hydrogen-bond donors (Lipinski definition) is 0. The van der Waals surface area contributed by atoms with Gasteiger partial charge < -0.3 is 0 Å². The highest BCUT2D eigenvalue weighted by Gasteiger charge is 1.83. The predicted octanol–water partition coefficient (Wildman–Crippen LogP) is 1.80. The molecule has 0 amide bonds. The summed E-state index contributed by atoms with van der Waals surface area (Å²) in [5.74, 6) is 2.26. The molecule has 8 heavy (non-hydrogen) atoms. The average molecular weight is 132 g/mol. The highest BCUT2D eigenvalue weighted by Crippen LogP contribution is 2.01. The van der Waals surface area contributed by atoms with E-state index in [-0.39, 0.29) is 0 Å². The van der Waals surface area contributed by atoms with Gasteiger partial charge in [-0.05, 0) is 12.2 Å². The van der Waals surface area contributed by atoms with Gasteiger partial charge in [0.15, 0.2) is 0 Å². The lowest BCUT2D eigenvalue weighted by atomic mass is 10.4. The molecule has 2 heteroatoms. The molecule has 0 aliphatic carbocycles. The first-order valence-corrected chi connectivity index (χ1v) is 4.29. The average Bonchev–Trinajstić information content (AvgIpc) is 1.81. The van der Waals surface area contributed by atoms with Crippen molar-refractivity contribution in [2.75, 3.05) is 18.1 Å². The molecule has 0 saturated carbocycles. The van der Waals surface area contributed by atoms with Crippen molar-refractivity contribution >= 4 is 11.8 Å². The third-order valence-electron chi connectivity index (χ3n) is 0.889. The van der Waals surface area contributed by atoms with Gasteiger partial charge in [0.25, 0.3) is 0 Å². The molecule has 0 aromatic rings. The molecular weight excluding hydrogens is 118 g/mol. The van der Waals surface area contributed by atoms with Crippen LogP contribution in [0.3, 0.4) is 0 Å². The van der Waals surface area contributed by atoms with E-state index in [1.54, 1.807) is 0 Å². The summed E-state index contributed by atoms with van der Waals surface area (Å²) < 4.78 is 0. The Morgan fingerprint density at radius 3 is 2.62 bits per heavy atom. The van der Waals surface area contributed by atoms with Gasteiger partial charge in [-0.25, -0.2) is 0 Å². The Bertz CT molecular complexity index is 33.5. The van der Waals surface area contributed by atoms with Crippen molar-refractivity contribution in [1.29, 1.82) is 0 Å². The first kappa shape index (κ1) is 8.31. The van der Waals surface area contributed by atoms with Crippen LogP contribution in [0.2, 0.25) is 0 Å². The fourth-order valence-electron chi connectivity index (χ4n) is 0.421. The van der Waals surface area contributed by atoms with Crippen molar-refractivity contribution in [1.82, 2.24) is 5.73 Å². The maximum Gasteiger partial charge on any atom is 0.0191 e. The van der Waals surface area contributed by atoms with Crippen LogP contribution in [0.1, 0.15) is 19.8 Å². The van der Waals surface area contributed by atoms with E-state index < -0.39 is 0 Å². The van der Waals surface area contributed by atoms with E-state index in [1.807, 2.05) is 11.8 Å². The molecule has 0 rings (SSSR count). The quantitative estimate of drug-likeness (QED) is 0.523. The number of rotatable bonds is 5. The lowest BCUT2D eigenvalue weighted by Crippen LogP contribution is -1.89. The van der Waals surface area contributed by atoms with Gasteiger partial charge in [-0.3, -0.25) is 5.73 Å². The van der Waals surface area contributed by atoms with Gasteiger partial charge in [-0.2, -0.15) is 11.8 Å². The molecular formula is C6H14NS. The van der Waals surface area contributed by atoms with E-state index in [0.29, 0.717) is 6.54 Å². The second-order valence-corrected chi connectivity index (χ2v) is 2.94. The minimum absolute atomic E-state index is 0.578. The molecule has 0 unspecified atom stereocenters. The molecule has 0 aliphatic rings. The molecule has 0 heterocycles. The minimum atomic E-state index is 0.578. The molecule has 1 nitrogen and oxygen atoms in total. The fraction of sp³-hybridized carbons (Fsp3) is 1.00. The fourth-order valence-corrected chi connectivity index (χ4v) is 1.26. The Kier molecular flexibility index (Phi) is 7.59. The minimum Gasteiger partial charge on any atom is -0.257 e. The topological polar surface area (TPSA) is 23.8 Å². The molecule has 0 aliphatic heterocycles. The van der Waals surface area contributed by atoms with Crippen LogP contribution in [-0.2, 0) is 0 Å². The molecule has 1 radical (unpaired) electrons. The molecule has 0 fully saturated rings. The normalized spacial score (nSPS) is 9.75. The molecule has 1 N–H and O–H groups in total. The number of hydrogen-bond acceptors (Lipinski definition) is 1. The van der Waals surface area contributed by atoms with E-state index in [1.165, 1.54) is 18.6 Å². The number of nitrogens with one attached hydrogen (secondary N) is 1. The van der Waals surface area contributed by atoms with E-state index in [4.69, 9.17) is 5.73 Å². The summed E-state index contributed by atoms with van der Waals surface area (Å²) in [6.45, 7) is 2.77. The van der Waals surface area contributed by atoms with Crippen LogP contribution in [0.25, 0.3) is 0 Å². The molecule has 0 aromatic heterocycles. The molecule has 0 bridgehead atoms. The Morgan fingerprint density at radius 1 is 1.38 bits per heavy atom. The van der Waals surface area contributed by atoms with Gasteiger partial charge in [-0.1, -0.05) is 13.3 Å². The van der Waals surface area contributed by atoms with Crippen LogP contribution >= 0.6 is 11.8 Å². The lowest BCUT2D eigenvalue weighted by Gasteiger charge is -1.93. The summed E-state index contributed by atoms with van der Waals surface area (Å²) >= 11 is 1.89. The van der Waals surface area contributed by atoms with Crippen LogP contribution in [0.4, 0.5) is 0 Å². The van der Waals surface area contributed by atoms with Crippen molar-refractivity contribution in [3.8, 4) is 0 Å². The molecule has 0 saturated heterocycles. The second-order valence-electron chi connectivity index (χ2n) is 1.72. The Labute approximate surface area is 56.0 Å². The standard InChI is InChI=1S/C6H14NS/c1-2-3-5-8-6-4-7/h7H,2-6H2,1H3. The zero-order valence-electron chi connectivity index (χ0n) is 5.44. The van der Waals surface area contributed by atoms with Gasteiger partial charge >= 0.3 is 0 Å². The summed E-state index contributed by atoms with van der Waals surface area (Å²) in [7, 11) is 0. The second kappa shape index (κ2) is 7.31. The van der Waals surface area contributed by atoms with E-state index in [0.717, 1.165) is 5.75 Å². The summed E-state index contributed by atoms with van der Waals surface area (Å²) in [6, 6.07) is 0. The smallest absolute Gasteiger partial charge is 0.0191 e. The first-order valence-electron chi connectivity index (χ1n) is 3.14. The summed E-state index contributed by atoms with van der Waals surface area (Å²) in [5, 5.41) is 0. The van der Waals surface area contributed by atoms with Crippen molar-refractivity contribution in [2.24, 2.45) is 0 Å². The predicted molar refractivity (Wildman–Crippen MR) is 40.2 cm³/mol. The van der Waals surface area contributed by atoms with Crippen LogP contribution in [0.5, 0.6) is 0 Å². The summed E-state index contributed by atoms with van der Waals surface area (Å²) in [5.41, 5.74) is 6.82. The maximum absolute atomic E-state index is 6.82. The third kappa shape index (κ3) is 6.31. The van der Waals surface area contributed by atoms with E-state index in [9.17, 15) is 0 Å². The highest BCUT2D eigenvalue weighted by molar-refractivity contribution is 7.99. The molecule has 0 spiro atoms. The lowest BCUT2D eigenvalue weighted by molar-refractivity contribution is 0.895. The van der Waals surface area contributed by atoms with Gasteiger partial charge in [0, 0.05) is 12.3 Å². The third-order valence-corrected chi connectivity index (χ3v) is 1.96. The van der Waals surface area contributed by atoms with Crippen LogP contribution in [0.15, 0.2) is 0 Å². The molecule has 49 valence electrons. The van der Waals surface area contributed by atoms with Crippen molar-refractivity contribution in [3.05, 3.63) is 0 Å². The summed E-state index contributed by atoms with van der Waals surface area (Å²) in [6.07, 6.45) is 2.59. The van der Waals surface area contributed by atoms with Gasteiger partial charge in [0.2, 0.25) is 0 Å². The number of unbranched alkanes of at least 4 members (excludes halogenated alkanes) is 1. The van der Waals surface area contributed by atoms with Crippen molar-refractivity contribution in [3.63, 3.8) is 0 Å². The van der Waals surface area contributed by atoms with E-state index >= 15 is 0 Å². The van der Waals surface area contributed by atoms with Crippen LogP contribution in [-0.4, -0.2) is 18.1 Å².